The highest BCUT2D eigenvalue weighted by Crippen LogP contribution is 2.41. The molecule has 4 nitrogen and oxygen atoms in total. The van der Waals surface area contributed by atoms with E-state index in [9.17, 15) is 9.18 Å². The van der Waals surface area contributed by atoms with E-state index in [0.717, 1.165) is 32.3 Å². The Bertz CT molecular complexity index is 746. The van der Waals surface area contributed by atoms with Crippen LogP contribution < -0.4 is 5.32 Å². The Balaban J connectivity index is 1.40. The van der Waals surface area contributed by atoms with E-state index in [1.165, 1.54) is 12.1 Å². The number of pyridine rings is 1. The average molecular weight is 326 g/mol. The number of nitrogens with one attached hydrogen (secondary N) is 1. The van der Waals surface area contributed by atoms with Crippen LogP contribution in [0.25, 0.3) is 11.3 Å². The van der Waals surface area contributed by atoms with Crippen molar-refractivity contribution in [1.29, 1.82) is 0 Å². The smallest absolute Gasteiger partial charge is 0.253 e. The van der Waals surface area contributed by atoms with Gasteiger partial charge >= 0.3 is 0 Å². The standard InChI is InChI=1S/C19H19FN2O2/c20-15-3-1-2-13(10-15)17-5-4-14(11-21-17)18(23)22-16-6-8-19(9-7-16)12-24-19/h1-5,10-11,16H,6-9,12H2,(H,22,23). The van der Waals surface area contributed by atoms with E-state index >= 15 is 0 Å². The Hall–Kier alpha value is -2.27. The third kappa shape index (κ3) is 3.17. The van der Waals surface area contributed by atoms with Crippen LogP contribution in [0.1, 0.15) is 36.0 Å². The molecule has 0 unspecified atom stereocenters. The summed E-state index contributed by atoms with van der Waals surface area (Å²) in [7, 11) is 0. The number of carbonyl (C=O) groups is 1. The van der Waals surface area contributed by atoms with Crippen molar-refractivity contribution in [3.63, 3.8) is 0 Å². The van der Waals surface area contributed by atoms with Gasteiger partial charge < -0.3 is 10.1 Å². The highest BCUT2D eigenvalue weighted by atomic mass is 19.1. The first-order valence-corrected chi connectivity index (χ1v) is 8.30. The minimum Gasteiger partial charge on any atom is -0.370 e. The molecule has 5 heteroatoms. The van der Waals surface area contributed by atoms with Gasteiger partial charge in [-0.3, -0.25) is 9.78 Å². The fraction of sp³-hybridized carbons (Fsp3) is 0.368. The van der Waals surface area contributed by atoms with E-state index in [1.807, 2.05) is 0 Å². The molecule has 1 amide bonds. The lowest BCUT2D eigenvalue weighted by Gasteiger charge is -2.27. The van der Waals surface area contributed by atoms with Crippen LogP contribution in [-0.4, -0.2) is 29.1 Å². The van der Waals surface area contributed by atoms with Crippen molar-refractivity contribution in [2.24, 2.45) is 0 Å². The SMILES string of the molecule is O=C(NC1CCC2(CC1)CO2)c1ccc(-c2cccc(F)c2)nc1. The van der Waals surface area contributed by atoms with Crippen molar-refractivity contribution in [3.05, 3.63) is 54.0 Å². The zero-order chi connectivity index (χ0) is 16.6. The van der Waals surface area contributed by atoms with Gasteiger partial charge in [-0.2, -0.15) is 0 Å². The molecule has 24 heavy (non-hydrogen) atoms. The first kappa shape index (κ1) is 15.3. The maximum Gasteiger partial charge on any atom is 0.253 e. The molecule has 1 saturated carbocycles. The van der Waals surface area contributed by atoms with Gasteiger partial charge in [0.05, 0.1) is 23.5 Å². The van der Waals surface area contributed by atoms with Crippen LogP contribution >= 0.6 is 0 Å². The third-order valence-corrected chi connectivity index (χ3v) is 4.93. The van der Waals surface area contributed by atoms with Gasteiger partial charge in [-0.05, 0) is 49.9 Å². The summed E-state index contributed by atoms with van der Waals surface area (Å²) in [5.41, 5.74) is 2.01. The Morgan fingerprint density at radius 3 is 2.67 bits per heavy atom. The molecule has 0 bridgehead atoms. The molecule has 2 heterocycles. The summed E-state index contributed by atoms with van der Waals surface area (Å²) in [6.07, 6.45) is 5.51. The maximum absolute atomic E-state index is 13.3. The number of ether oxygens (including phenoxy) is 1. The molecule has 1 spiro atoms. The minimum atomic E-state index is -0.300. The Morgan fingerprint density at radius 2 is 2.04 bits per heavy atom. The van der Waals surface area contributed by atoms with Gasteiger partial charge in [-0.1, -0.05) is 12.1 Å². The minimum absolute atomic E-state index is 0.106. The van der Waals surface area contributed by atoms with Gasteiger partial charge in [0.1, 0.15) is 5.82 Å². The predicted molar refractivity (Wildman–Crippen MR) is 88.0 cm³/mol. The van der Waals surface area contributed by atoms with Gasteiger partial charge in [0.2, 0.25) is 0 Å². The van der Waals surface area contributed by atoms with Crippen LogP contribution in [0.15, 0.2) is 42.6 Å². The zero-order valence-corrected chi connectivity index (χ0v) is 13.3. The molecule has 124 valence electrons. The molecule has 2 fully saturated rings. The van der Waals surface area contributed by atoms with E-state index in [-0.39, 0.29) is 23.4 Å². The number of halogens is 1. The first-order valence-electron chi connectivity index (χ1n) is 8.30. The number of carbonyl (C=O) groups excluding carboxylic acids is 1. The molecule has 1 saturated heterocycles. The summed E-state index contributed by atoms with van der Waals surface area (Å²) in [4.78, 5) is 16.6. The van der Waals surface area contributed by atoms with Crippen molar-refractivity contribution in [1.82, 2.24) is 10.3 Å². The monoisotopic (exact) mass is 326 g/mol. The lowest BCUT2D eigenvalue weighted by molar-refractivity contribution is 0.0915. The number of epoxide rings is 1. The average Bonchev–Trinajstić information content (AvgIpc) is 3.37. The summed E-state index contributed by atoms with van der Waals surface area (Å²) < 4.78 is 18.8. The van der Waals surface area contributed by atoms with Crippen LogP contribution in [0.3, 0.4) is 0 Å². The van der Waals surface area contributed by atoms with Gasteiger partial charge in [0.25, 0.3) is 5.91 Å². The Kier molecular flexibility index (Phi) is 3.81. The lowest BCUT2D eigenvalue weighted by Crippen LogP contribution is -2.39. The molecule has 0 radical (unpaired) electrons. The number of hydrogen-bond donors (Lipinski definition) is 1. The quantitative estimate of drug-likeness (QED) is 0.880. The number of benzene rings is 1. The molecule has 4 rings (SSSR count). The molecule has 0 atom stereocenters. The second-order valence-corrected chi connectivity index (χ2v) is 6.66. The van der Waals surface area contributed by atoms with E-state index in [1.54, 1.807) is 30.5 Å². The molecule has 1 aromatic carbocycles. The summed E-state index contributed by atoms with van der Waals surface area (Å²) in [5, 5.41) is 3.07. The molecule has 1 aliphatic heterocycles. The highest BCUT2D eigenvalue weighted by molar-refractivity contribution is 5.94. The molecular formula is C19H19FN2O2. The van der Waals surface area contributed by atoms with Gasteiger partial charge in [0.15, 0.2) is 0 Å². The van der Waals surface area contributed by atoms with Crippen LogP contribution in [0.2, 0.25) is 0 Å². The van der Waals surface area contributed by atoms with Gasteiger partial charge in [-0.25, -0.2) is 4.39 Å². The van der Waals surface area contributed by atoms with Crippen molar-refractivity contribution < 1.29 is 13.9 Å². The van der Waals surface area contributed by atoms with Crippen LogP contribution in [0.4, 0.5) is 4.39 Å². The van der Waals surface area contributed by atoms with Crippen molar-refractivity contribution in [2.75, 3.05) is 6.61 Å². The number of nitrogens with zero attached hydrogens (tertiary/aromatic N) is 1. The van der Waals surface area contributed by atoms with Crippen molar-refractivity contribution in [2.45, 2.75) is 37.3 Å². The Morgan fingerprint density at radius 1 is 1.25 bits per heavy atom. The van der Waals surface area contributed by atoms with Crippen molar-refractivity contribution >= 4 is 5.91 Å². The molecule has 2 aromatic rings. The number of aromatic nitrogens is 1. The Labute approximate surface area is 140 Å². The maximum atomic E-state index is 13.3. The zero-order valence-electron chi connectivity index (χ0n) is 13.3. The molecule has 1 N–H and O–H groups in total. The molecule has 1 aromatic heterocycles. The topological polar surface area (TPSA) is 54.5 Å². The van der Waals surface area contributed by atoms with E-state index in [0.29, 0.717) is 16.8 Å². The highest BCUT2D eigenvalue weighted by Gasteiger charge is 2.47. The summed E-state index contributed by atoms with van der Waals surface area (Å²) >= 11 is 0. The fourth-order valence-corrected chi connectivity index (χ4v) is 3.29. The lowest BCUT2D eigenvalue weighted by atomic mass is 9.86. The molecule has 2 aliphatic rings. The van der Waals surface area contributed by atoms with Crippen LogP contribution in [0.5, 0.6) is 0 Å². The number of hydrogen-bond acceptors (Lipinski definition) is 3. The molecule has 1 aliphatic carbocycles. The first-order chi connectivity index (χ1) is 11.6. The van der Waals surface area contributed by atoms with Crippen molar-refractivity contribution in [3.8, 4) is 11.3 Å². The van der Waals surface area contributed by atoms with E-state index < -0.39 is 0 Å². The largest absolute Gasteiger partial charge is 0.370 e. The summed E-state index contributed by atoms with van der Waals surface area (Å²) in [6.45, 7) is 0.874. The van der Waals surface area contributed by atoms with Crippen LogP contribution in [0, 0.1) is 5.82 Å². The second kappa shape index (κ2) is 5.98. The summed E-state index contributed by atoms with van der Waals surface area (Å²) in [6, 6.07) is 9.95. The third-order valence-electron chi connectivity index (χ3n) is 4.93. The number of amides is 1. The summed E-state index contributed by atoms with van der Waals surface area (Å²) in [5.74, 6) is -0.406. The number of rotatable bonds is 3. The predicted octanol–water partition coefficient (Wildman–Crippen LogP) is 3.33. The normalized spacial score (nSPS) is 25.5. The van der Waals surface area contributed by atoms with Gasteiger partial charge in [0, 0.05) is 17.8 Å². The second-order valence-electron chi connectivity index (χ2n) is 6.66. The van der Waals surface area contributed by atoms with E-state index in [4.69, 9.17) is 4.74 Å². The van der Waals surface area contributed by atoms with Crippen LogP contribution in [-0.2, 0) is 4.74 Å². The molecular weight excluding hydrogens is 307 g/mol. The van der Waals surface area contributed by atoms with Gasteiger partial charge in [-0.15, -0.1) is 0 Å². The fourth-order valence-electron chi connectivity index (χ4n) is 3.29. The van der Waals surface area contributed by atoms with E-state index in [2.05, 4.69) is 10.3 Å².